The summed E-state index contributed by atoms with van der Waals surface area (Å²) in [4.78, 5) is 10.7. The number of hydrogen-bond donors (Lipinski definition) is 1. The average Bonchev–Trinajstić information content (AvgIpc) is 2.79. The van der Waals surface area contributed by atoms with Gasteiger partial charge < -0.3 is 4.89 Å². The van der Waals surface area contributed by atoms with Crippen LogP contribution in [0.25, 0.3) is 0 Å². The summed E-state index contributed by atoms with van der Waals surface area (Å²) < 4.78 is 24.7. The standard InChI is InChI=1S/C28H55O4P/c1-5-9-13-23-17-19-27(21-25(23)15-11-7-3)31-33(29,30)32-28-20-18-24(14-10-6-2)26(22-28)16-12-8-4/h23-28H,5-22H2,1-4H3,(H,29,30). The highest BCUT2D eigenvalue weighted by molar-refractivity contribution is 7.47. The summed E-state index contributed by atoms with van der Waals surface area (Å²) in [5.74, 6) is 2.77. The lowest BCUT2D eigenvalue weighted by atomic mass is 9.73. The van der Waals surface area contributed by atoms with Crippen molar-refractivity contribution < 1.29 is 18.5 Å². The molecule has 0 amide bonds. The molecule has 6 atom stereocenters. The van der Waals surface area contributed by atoms with Gasteiger partial charge in [-0.3, -0.25) is 9.05 Å². The number of hydrogen-bond acceptors (Lipinski definition) is 3. The van der Waals surface area contributed by atoms with Crippen LogP contribution >= 0.6 is 7.82 Å². The van der Waals surface area contributed by atoms with Crippen LogP contribution in [-0.2, 0) is 13.6 Å². The molecule has 6 unspecified atom stereocenters. The third-order valence-electron chi connectivity index (χ3n) is 8.46. The second-order valence-corrected chi connectivity index (χ2v) is 12.5. The molecule has 2 fully saturated rings. The van der Waals surface area contributed by atoms with Gasteiger partial charge in [-0.05, 0) is 62.2 Å². The van der Waals surface area contributed by atoms with E-state index < -0.39 is 7.82 Å². The Morgan fingerprint density at radius 3 is 1.27 bits per heavy atom. The van der Waals surface area contributed by atoms with Crippen LogP contribution in [0.2, 0.25) is 0 Å². The van der Waals surface area contributed by atoms with E-state index >= 15 is 0 Å². The van der Waals surface area contributed by atoms with Crippen LogP contribution in [0.1, 0.15) is 143 Å². The van der Waals surface area contributed by atoms with Crippen LogP contribution in [0.3, 0.4) is 0 Å². The summed E-state index contributed by atoms with van der Waals surface area (Å²) in [6.07, 6.45) is 20.7. The van der Waals surface area contributed by atoms with Crippen LogP contribution in [0, 0.1) is 23.7 Å². The van der Waals surface area contributed by atoms with Gasteiger partial charge in [0.15, 0.2) is 0 Å². The fourth-order valence-corrected chi connectivity index (χ4v) is 7.68. The summed E-state index contributed by atoms with van der Waals surface area (Å²) in [5.41, 5.74) is 0. The molecule has 5 heteroatoms. The van der Waals surface area contributed by atoms with Crippen LogP contribution in [0.4, 0.5) is 0 Å². The zero-order chi connectivity index (χ0) is 24.1. The van der Waals surface area contributed by atoms with Gasteiger partial charge in [0.2, 0.25) is 0 Å². The lowest BCUT2D eigenvalue weighted by Gasteiger charge is -2.38. The molecule has 0 saturated heterocycles. The first-order chi connectivity index (χ1) is 15.9. The molecule has 2 aliphatic rings. The molecule has 0 radical (unpaired) electrons. The second kappa shape index (κ2) is 16.0. The van der Waals surface area contributed by atoms with Crippen molar-refractivity contribution in [1.82, 2.24) is 0 Å². The van der Waals surface area contributed by atoms with Gasteiger partial charge in [-0.25, -0.2) is 4.57 Å². The number of phosphoric acid groups is 1. The zero-order valence-corrected chi connectivity index (χ0v) is 23.2. The van der Waals surface area contributed by atoms with Gasteiger partial charge in [0, 0.05) is 0 Å². The summed E-state index contributed by atoms with van der Waals surface area (Å²) in [5, 5.41) is 0. The Labute approximate surface area is 205 Å². The monoisotopic (exact) mass is 486 g/mol. The van der Waals surface area contributed by atoms with E-state index in [2.05, 4.69) is 27.7 Å². The second-order valence-electron chi connectivity index (χ2n) is 11.2. The largest absolute Gasteiger partial charge is 0.472 e. The third kappa shape index (κ3) is 10.7. The summed E-state index contributed by atoms with van der Waals surface area (Å²) in [6, 6.07) is 0. The Morgan fingerprint density at radius 2 is 0.939 bits per heavy atom. The molecule has 2 rings (SSSR count). The number of unbranched alkanes of at least 4 members (excludes halogenated alkanes) is 4. The predicted molar refractivity (Wildman–Crippen MR) is 139 cm³/mol. The topological polar surface area (TPSA) is 55.8 Å². The van der Waals surface area contributed by atoms with Crippen LogP contribution in [-0.4, -0.2) is 17.1 Å². The molecular weight excluding hydrogens is 431 g/mol. The molecule has 196 valence electrons. The van der Waals surface area contributed by atoms with Gasteiger partial charge in [0.05, 0.1) is 12.2 Å². The number of phosphoric ester groups is 1. The zero-order valence-electron chi connectivity index (χ0n) is 22.3. The van der Waals surface area contributed by atoms with E-state index in [-0.39, 0.29) is 12.2 Å². The molecule has 4 nitrogen and oxygen atoms in total. The summed E-state index contributed by atoms with van der Waals surface area (Å²) >= 11 is 0. The molecule has 0 aromatic rings. The van der Waals surface area contributed by atoms with Crippen molar-refractivity contribution in [3.8, 4) is 0 Å². The fourth-order valence-electron chi connectivity index (χ4n) is 6.49. The molecule has 2 saturated carbocycles. The maximum Gasteiger partial charge on any atom is 0.472 e. The Kier molecular flexibility index (Phi) is 14.2. The first-order valence-electron chi connectivity index (χ1n) is 14.6. The highest BCUT2D eigenvalue weighted by atomic mass is 31.2. The third-order valence-corrected chi connectivity index (χ3v) is 9.59. The Morgan fingerprint density at radius 1 is 0.606 bits per heavy atom. The van der Waals surface area contributed by atoms with Crippen molar-refractivity contribution in [2.24, 2.45) is 23.7 Å². The van der Waals surface area contributed by atoms with E-state index in [1.54, 1.807) is 0 Å². The van der Waals surface area contributed by atoms with Crippen molar-refractivity contribution in [2.75, 3.05) is 0 Å². The number of rotatable bonds is 16. The molecule has 0 heterocycles. The van der Waals surface area contributed by atoms with Crippen molar-refractivity contribution in [1.29, 1.82) is 0 Å². The normalized spacial score (nSPS) is 32.5. The smallest absolute Gasteiger partial charge is 0.302 e. The Bertz CT molecular complexity index is 510. The molecule has 0 aromatic carbocycles. The summed E-state index contributed by atoms with van der Waals surface area (Å²) in [7, 11) is -4.02. The molecule has 2 aliphatic carbocycles. The van der Waals surface area contributed by atoms with E-state index in [0.717, 1.165) is 50.4 Å². The van der Waals surface area contributed by atoms with Crippen molar-refractivity contribution in [3.63, 3.8) is 0 Å². The van der Waals surface area contributed by atoms with Crippen molar-refractivity contribution >= 4 is 7.82 Å². The minimum Gasteiger partial charge on any atom is -0.302 e. The molecular formula is C28H55O4P. The van der Waals surface area contributed by atoms with Crippen molar-refractivity contribution in [3.05, 3.63) is 0 Å². The van der Waals surface area contributed by atoms with E-state index in [1.807, 2.05) is 0 Å². The van der Waals surface area contributed by atoms with Gasteiger partial charge in [-0.1, -0.05) is 105 Å². The lowest BCUT2D eigenvalue weighted by molar-refractivity contribution is 0.00854. The van der Waals surface area contributed by atoms with E-state index in [9.17, 15) is 9.46 Å². The molecule has 33 heavy (non-hydrogen) atoms. The van der Waals surface area contributed by atoms with Crippen LogP contribution < -0.4 is 0 Å². The lowest BCUT2D eigenvalue weighted by Crippen LogP contribution is -2.31. The molecule has 1 N–H and O–H groups in total. The van der Waals surface area contributed by atoms with Crippen LogP contribution in [0.5, 0.6) is 0 Å². The minimum atomic E-state index is -4.02. The first-order valence-corrected chi connectivity index (χ1v) is 16.1. The first kappa shape index (κ1) is 29.3. The Hall–Kier alpha value is 0.110. The van der Waals surface area contributed by atoms with Crippen molar-refractivity contribution in [2.45, 2.75) is 155 Å². The molecule has 0 aromatic heterocycles. The highest BCUT2D eigenvalue weighted by Crippen LogP contribution is 2.52. The maximum atomic E-state index is 13.0. The average molecular weight is 487 g/mol. The van der Waals surface area contributed by atoms with E-state index in [4.69, 9.17) is 9.05 Å². The van der Waals surface area contributed by atoms with E-state index in [0.29, 0.717) is 11.8 Å². The molecule has 0 spiro atoms. The van der Waals surface area contributed by atoms with Gasteiger partial charge >= 0.3 is 7.82 Å². The predicted octanol–water partition coefficient (Wildman–Crippen LogP) is 9.45. The van der Waals surface area contributed by atoms with E-state index in [1.165, 1.54) is 77.0 Å². The van der Waals surface area contributed by atoms with Gasteiger partial charge in [0.1, 0.15) is 0 Å². The van der Waals surface area contributed by atoms with Gasteiger partial charge in [-0.15, -0.1) is 0 Å². The highest BCUT2D eigenvalue weighted by Gasteiger charge is 2.38. The fraction of sp³-hybridized carbons (Fsp3) is 1.00. The molecule has 0 aliphatic heterocycles. The summed E-state index contributed by atoms with van der Waals surface area (Å²) in [6.45, 7) is 9.02. The Balaban J connectivity index is 1.89. The van der Waals surface area contributed by atoms with Gasteiger partial charge in [0.25, 0.3) is 0 Å². The molecule has 0 bridgehead atoms. The van der Waals surface area contributed by atoms with Crippen LogP contribution in [0.15, 0.2) is 0 Å². The quantitative estimate of drug-likeness (QED) is 0.221. The SMILES string of the molecule is CCCCC1CCC(OP(=O)(O)OC2CCC(CCCC)C(CCCC)C2)CC1CCCC. The van der Waals surface area contributed by atoms with Gasteiger partial charge in [-0.2, -0.15) is 0 Å². The maximum absolute atomic E-state index is 13.0. The minimum absolute atomic E-state index is 0.127.